The SMILES string of the molecule is CCCNC(Cc1ccc2c(c1)CCC2)c1ccoc1Br. The first kappa shape index (κ1) is 14.9. The van der Waals surface area contributed by atoms with Crippen LogP contribution in [0.1, 0.15) is 48.1 Å². The molecule has 1 aliphatic rings. The largest absolute Gasteiger partial charge is 0.457 e. The highest BCUT2D eigenvalue weighted by Gasteiger charge is 2.18. The molecule has 1 atom stereocenters. The first-order valence-electron chi connectivity index (χ1n) is 7.85. The normalized spacial score (nSPS) is 15.1. The molecule has 1 aromatic heterocycles. The van der Waals surface area contributed by atoms with E-state index in [-0.39, 0.29) is 0 Å². The molecule has 0 bridgehead atoms. The van der Waals surface area contributed by atoms with E-state index < -0.39 is 0 Å². The van der Waals surface area contributed by atoms with Crippen LogP contribution in [0, 0.1) is 0 Å². The third-order valence-electron chi connectivity index (χ3n) is 4.26. The molecule has 0 spiro atoms. The monoisotopic (exact) mass is 347 g/mol. The van der Waals surface area contributed by atoms with E-state index in [0.717, 1.165) is 24.1 Å². The molecule has 1 unspecified atom stereocenters. The van der Waals surface area contributed by atoms with Gasteiger partial charge in [-0.1, -0.05) is 25.1 Å². The van der Waals surface area contributed by atoms with Gasteiger partial charge in [-0.05, 0) is 77.3 Å². The molecule has 0 saturated carbocycles. The lowest BCUT2D eigenvalue weighted by atomic mass is 9.98. The Morgan fingerprint density at radius 2 is 2.10 bits per heavy atom. The molecule has 1 heterocycles. The van der Waals surface area contributed by atoms with Gasteiger partial charge in [0, 0.05) is 11.6 Å². The van der Waals surface area contributed by atoms with Crippen molar-refractivity contribution in [3.63, 3.8) is 0 Å². The predicted molar refractivity (Wildman–Crippen MR) is 89.6 cm³/mol. The number of fused-ring (bicyclic) bond motifs is 1. The van der Waals surface area contributed by atoms with Gasteiger partial charge < -0.3 is 9.73 Å². The van der Waals surface area contributed by atoms with E-state index in [1.54, 1.807) is 17.4 Å². The minimum absolute atomic E-state index is 0.303. The third kappa shape index (κ3) is 3.41. The van der Waals surface area contributed by atoms with Crippen molar-refractivity contribution < 1.29 is 4.42 Å². The molecular formula is C18H22BrNO. The zero-order chi connectivity index (χ0) is 14.7. The highest BCUT2D eigenvalue weighted by atomic mass is 79.9. The van der Waals surface area contributed by atoms with E-state index in [9.17, 15) is 0 Å². The lowest BCUT2D eigenvalue weighted by Gasteiger charge is -2.18. The maximum absolute atomic E-state index is 5.41. The van der Waals surface area contributed by atoms with Crippen molar-refractivity contribution in [3.8, 4) is 0 Å². The number of furan rings is 1. The van der Waals surface area contributed by atoms with Crippen LogP contribution in [0.25, 0.3) is 0 Å². The number of rotatable bonds is 6. The summed E-state index contributed by atoms with van der Waals surface area (Å²) >= 11 is 3.52. The summed E-state index contributed by atoms with van der Waals surface area (Å²) in [6.45, 7) is 3.22. The summed E-state index contributed by atoms with van der Waals surface area (Å²) in [6.07, 6.45) is 7.69. The van der Waals surface area contributed by atoms with Crippen LogP contribution in [-0.4, -0.2) is 6.54 Å². The van der Waals surface area contributed by atoms with Crippen LogP contribution >= 0.6 is 15.9 Å². The Labute approximate surface area is 135 Å². The Balaban J connectivity index is 1.79. The number of hydrogen-bond acceptors (Lipinski definition) is 2. The summed E-state index contributed by atoms with van der Waals surface area (Å²) in [7, 11) is 0. The summed E-state index contributed by atoms with van der Waals surface area (Å²) in [5.41, 5.74) is 5.72. The van der Waals surface area contributed by atoms with Gasteiger partial charge in [0.2, 0.25) is 0 Å². The molecule has 3 rings (SSSR count). The molecule has 3 heteroatoms. The second-order valence-electron chi connectivity index (χ2n) is 5.82. The first-order chi connectivity index (χ1) is 10.3. The van der Waals surface area contributed by atoms with E-state index in [0.29, 0.717) is 6.04 Å². The van der Waals surface area contributed by atoms with Crippen LogP contribution in [0.5, 0.6) is 0 Å². The van der Waals surface area contributed by atoms with Gasteiger partial charge in [-0.2, -0.15) is 0 Å². The van der Waals surface area contributed by atoms with Crippen LogP contribution in [0.4, 0.5) is 0 Å². The van der Waals surface area contributed by atoms with Gasteiger partial charge in [-0.3, -0.25) is 0 Å². The Bertz CT molecular complexity index is 605. The van der Waals surface area contributed by atoms with Crippen LogP contribution in [-0.2, 0) is 19.3 Å². The summed E-state index contributed by atoms with van der Waals surface area (Å²) in [6, 6.07) is 9.37. The van der Waals surface area contributed by atoms with Crippen LogP contribution in [0.15, 0.2) is 39.6 Å². The molecule has 2 nitrogen and oxygen atoms in total. The lowest BCUT2D eigenvalue weighted by molar-refractivity contribution is 0.498. The fraction of sp³-hybridized carbons (Fsp3) is 0.444. The number of halogens is 1. The minimum atomic E-state index is 0.303. The maximum atomic E-state index is 5.41. The third-order valence-corrected chi connectivity index (χ3v) is 4.91. The van der Waals surface area contributed by atoms with Gasteiger partial charge in [0.1, 0.15) is 0 Å². The quantitative estimate of drug-likeness (QED) is 0.810. The van der Waals surface area contributed by atoms with E-state index in [1.807, 2.05) is 0 Å². The topological polar surface area (TPSA) is 25.2 Å². The molecular weight excluding hydrogens is 326 g/mol. The standard InChI is InChI=1S/C18H22BrNO/c1-2-9-20-17(16-8-10-21-18(16)19)12-13-6-7-14-4-3-5-15(14)11-13/h6-8,10-11,17,20H,2-5,9,12H2,1H3. The molecule has 0 fully saturated rings. The van der Waals surface area contributed by atoms with E-state index >= 15 is 0 Å². The predicted octanol–water partition coefficient (Wildman–Crippen LogP) is 4.81. The second-order valence-corrected chi connectivity index (χ2v) is 6.54. The Kier molecular flexibility index (Phi) is 4.81. The first-order valence-corrected chi connectivity index (χ1v) is 8.64. The number of hydrogen-bond donors (Lipinski definition) is 1. The van der Waals surface area contributed by atoms with Gasteiger partial charge in [0.15, 0.2) is 4.67 Å². The summed E-state index contributed by atoms with van der Waals surface area (Å²) in [4.78, 5) is 0. The van der Waals surface area contributed by atoms with E-state index in [2.05, 4.69) is 52.4 Å². The molecule has 1 aromatic carbocycles. The number of nitrogens with one attached hydrogen (secondary N) is 1. The van der Waals surface area contributed by atoms with Crippen LogP contribution in [0.3, 0.4) is 0 Å². The van der Waals surface area contributed by atoms with Crippen molar-refractivity contribution in [1.82, 2.24) is 5.32 Å². The molecule has 21 heavy (non-hydrogen) atoms. The Morgan fingerprint density at radius 3 is 2.86 bits per heavy atom. The van der Waals surface area contributed by atoms with Gasteiger partial charge in [0.05, 0.1) is 6.26 Å². The minimum Gasteiger partial charge on any atom is -0.457 e. The molecule has 0 radical (unpaired) electrons. The molecule has 112 valence electrons. The van der Waals surface area contributed by atoms with E-state index in [1.165, 1.54) is 30.4 Å². The lowest BCUT2D eigenvalue weighted by Crippen LogP contribution is -2.24. The maximum Gasteiger partial charge on any atom is 0.173 e. The molecule has 0 saturated heterocycles. The molecule has 1 N–H and O–H groups in total. The van der Waals surface area contributed by atoms with Gasteiger partial charge in [-0.15, -0.1) is 0 Å². The van der Waals surface area contributed by atoms with Crippen molar-refractivity contribution in [2.45, 2.75) is 45.1 Å². The molecule has 1 aliphatic carbocycles. The van der Waals surface area contributed by atoms with Crippen molar-refractivity contribution in [1.29, 1.82) is 0 Å². The summed E-state index contributed by atoms with van der Waals surface area (Å²) < 4.78 is 6.26. The van der Waals surface area contributed by atoms with E-state index in [4.69, 9.17) is 4.42 Å². The van der Waals surface area contributed by atoms with Crippen molar-refractivity contribution >= 4 is 15.9 Å². The Morgan fingerprint density at radius 1 is 1.24 bits per heavy atom. The van der Waals surface area contributed by atoms with Gasteiger partial charge >= 0.3 is 0 Å². The van der Waals surface area contributed by atoms with Crippen molar-refractivity contribution in [3.05, 3.63) is 57.5 Å². The number of benzene rings is 1. The molecule has 2 aromatic rings. The molecule has 0 amide bonds. The van der Waals surface area contributed by atoms with Crippen molar-refractivity contribution in [2.24, 2.45) is 0 Å². The average molecular weight is 348 g/mol. The van der Waals surface area contributed by atoms with Crippen LogP contribution in [0.2, 0.25) is 0 Å². The van der Waals surface area contributed by atoms with Gasteiger partial charge in [-0.25, -0.2) is 0 Å². The Hall–Kier alpha value is -1.06. The summed E-state index contributed by atoms with van der Waals surface area (Å²) in [5, 5.41) is 3.64. The highest BCUT2D eigenvalue weighted by Crippen LogP contribution is 2.29. The van der Waals surface area contributed by atoms with Crippen molar-refractivity contribution in [2.75, 3.05) is 6.54 Å². The van der Waals surface area contributed by atoms with Gasteiger partial charge in [0.25, 0.3) is 0 Å². The number of aryl methyl sites for hydroxylation is 2. The van der Waals surface area contributed by atoms with Crippen LogP contribution < -0.4 is 5.32 Å². The average Bonchev–Trinajstić information content (AvgIpc) is 3.11. The summed E-state index contributed by atoms with van der Waals surface area (Å²) in [5.74, 6) is 0. The second kappa shape index (κ2) is 6.80. The smallest absolute Gasteiger partial charge is 0.173 e. The zero-order valence-electron chi connectivity index (χ0n) is 12.5. The fourth-order valence-electron chi connectivity index (χ4n) is 3.15. The molecule has 0 aliphatic heterocycles. The highest BCUT2D eigenvalue weighted by molar-refractivity contribution is 9.10. The zero-order valence-corrected chi connectivity index (χ0v) is 14.1. The fourth-order valence-corrected chi connectivity index (χ4v) is 3.67.